The molecule has 1 heterocycles. The quantitative estimate of drug-likeness (QED) is 0.142. The maximum absolute atomic E-state index is 13.7. The van der Waals surface area contributed by atoms with E-state index in [1.165, 1.54) is 9.80 Å². The highest BCUT2D eigenvalue weighted by molar-refractivity contribution is 9.10. The van der Waals surface area contributed by atoms with E-state index in [2.05, 4.69) is 22.5 Å². The van der Waals surface area contributed by atoms with Crippen molar-refractivity contribution < 1.29 is 19.1 Å². The van der Waals surface area contributed by atoms with E-state index in [1.807, 2.05) is 43.3 Å². The summed E-state index contributed by atoms with van der Waals surface area (Å²) in [5.41, 5.74) is 1.68. The van der Waals surface area contributed by atoms with E-state index in [1.54, 1.807) is 48.6 Å². The first-order valence-corrected chi connectivity index (χ1v) is 12.4. The molecule has 0 aliphatic carbocycles. The number of rotatable bonds is 8. The van der Waals surface area contributed by atoms with Crippen LogP contribution >= 0.6 is 28.1 Å². The molecular weight excluding hydrogens is 540 g/mol. The minimum Gasteiger partial charge on any atom is -0.490 e. The maximum atomic E-state index is 13.7. The monoisotopic (exact) mass is 562 g/mol. The molecule has 8 heteroatoms. The van der Waals surface area contributed by atoms with Crippen LogP contribution in [-0.4, -0.2) is 30.1 Å². The summed E-state index contributed by atoms with van der Waals surface area (Å²) in [7, 11) is 0. The van der Waals surface area contributed by atoms with Crippen LogP contribution in [0.15, 0.2) is 95.5 Å². The van der Waals surface area contributed by atoms with Gasteiger partial charge in [0.25, 0.3) is 11.8 Å². The van der Waals surface area contributed by atoms with Crippen molar-refractivity contribution in [2.45, 2.75) is 6.92 Å². The average molecular weight is 563 g/mol. The number of carbonyl (C=O) groups is 2. The second kappa shape index (κ2) is 11.3. The van der Waals surface area contributed by atoms with Crippen molar-refractivity contribution in [1.82, 2.24) is 0 Å². The summed E-state index contributed by atoms with van der Waals surface area (Å²) < 4.78 is 12.1. The molecule has 36 heavy (non-hydrogen) atoms. The molecule has 0 spiro atoms. The molecule has 0 unspecified atom stereocenters. The van der Waals surface area contributed by atoms with Gasteiger partial charge in [0.1, 0.15) is 12.2 Å². The van der Waals surface area contributed by atoms with Gasteiger partial charge in [0.2, 0.25) is 0 Å². The van der Waals surface area contributed by atoms with Crippen LogP contribution in [0.5, 0.6) is 11.5 Å². The summed E-state index contributed by atoms with van der Waals surface area (Å²) in [5.74, 6) is -0.0290. The normalized spacial score (nSPS) is 13.6. The van der Waals surface area contributed by atoms with Crippen molar-refractivity contribution in [1.29, 1.82) is 0 Å². The van der Waals surface area contributed by atoms with Crippen molar-refractivity contribution >= 4 is 62.5 Å². The number of carbonyl (C=O) groups excluding carboxylic acids is 2. The predicted molar refractivity (Wildman–Crippen MR) is 149 cm³/mol. The lowest BCUT2D eigenvalue weighted by molar-refractivity contribution is -0.120. The Morgan fingerprint density at radius 3 is 1.97 bits per heavy atom. The largest absolute Gasteiger partial charge is 0.490 e. The van der Waals surface area contributed by atoms with Gasteiger partial charge in [-0.2, -0.15) is 0 Å². The second-order valence-electron chi connectivity index (χ2n) is 7.66. The molecule has 0 saturated carbocycles. The first-order chi connectivity index (χ1) is 17.5. The molecule has 0 bridgehead atoms. The number of thiocarbonyl (C=S) groups is 1. The van der Waals surface area contributed by atoms with Crippen molar-refractivity contribution in [3.63, 3.8) is 0 Å². The Kier molecular flexibility index (Phi) is 7.97. The number of hydrogen-bond acceptors (Lipinski definition) is 5. The van der Waals surface area contributed by atoms with E-state index < -0.39 is 11.8 Å². The molecule has 182 valence electrons. The van der Waals surface area contributed by atoms with Crippen molar-refractivity contribution in [2.24, 2.45) is 0 Å². The van der Waals surface area contributed by atoms with Crippen molar-refractivity contribution in [2.75, 3.05) is 23.0 Å². The van der Waals surface area contributed by atoms with E-state index in [0.717, 1.165) is 0 Å². The molecule has 1 aliphatic heterocycles. The van der Waals surface area contributed by atoms with E-state index >= 15 is 0 Å². The van der Waals surface area contributed by atoms with E-state index in [4.69, 9.17) is 21.7 Å². The van der Waals surface area contributed by atoms with Gasteiger partial charge < -0.3 is 9.47 Å². The fourth-order valence-corrected chi connectivity index (χ4v) is 4.67. The minimum atomic E-state index is -0.510. The Balaban J connectivity index is 1.85. The Morgan fingerprint density at radius 2 is 1.47 bits per heavy atom. The smallest absolute Gasteiger partial charge is 0.270 e. The zero-order valence-corrected chi connectivity index (χ0v) is 21.9. The molecule has 1 fully saturated rings. The molecule has 3 aromatic rings. The van der Waals surface area contributed by atoms with Crippen LogP contribution in [0, 0.1) is 0 Å². The fourth-order valence-electron chi connectivity index (χ4n) is 3.72. The van der Waals surface area contributed by atoms with Gasteiger partial charge in [-0.15, -0.1) is 0 Å². The van der Waals surface area contributed by atoms with Crippen LogP contribution in [0.3, 0.4) is 0 Å². The van der Waals surface area contributed by atoms with Gasteiger partial charge >= 0.3 is 0 Å². The summed E-state index contributed by atoms with van der Waals surface area (Å²) in [6.07, 6.45) is 3.18. The molecule has 0 N–H and O–H groups in total. The van der Waals surface area contributed by atoms with Gasteiger partial charge in [0.15, 0.2) is 16.6 Å². The molecule has 6 nitrogen and oxygen atoms in total. The van der Waals surface area contributed by atoms with E-state index in [9.17, 15) is 9.59 Å². The van der Waals surface area contributed by atoms with Crippen LogP contribution in [0.2, 0.25) is 0 Å². The lowest BCUT2D eigenvalue weighted by Crippen LogP contribution is -2.56. The third-order valence-corrected chi connectivity index (χ3v) is 6.22. The summed E-state index contributed by atoms with van der Waals surface area (Å²) in [5, 5.41) is 0.0870. The number of nitrogens with zero attached hydrogens (tertiary/aromatic N) is 2. The Bertz CT molecular complexity index is 1280. The number of para-hydroxylation sites is 2. The topological polar surface area (TPSA) is 59.1 Å². The van der Waals surface area contributed by atoms with E-state index in [-0.39, 0.29) is 10.7 Å². The highest BCUT2D eigenvalue weighted by atomic mass is 79.9. The van der Waals surface area contributed by atoms with Crippen LogP contribution in [0.25, 0.3) is 6.08 Å². The Morgan fingerprint density at radius 1 is 0.917 bits per heavy atom. The maximum Gasteiger partial charge on any atom is 0.270 e. The number of halogens is 1. The van der Waals surface area contributed by atoms with Gasteiger partial charge in [-0.25, -0.2) is 0 Å². The fraction of sp³-hybridized carbons (Fsp3) is 0.107. The number of amides is 2. The molecule has 0 aromatic heterocycles. The van der Waals surface area contributed by atoms with Crippen molar-refractivity contribution in [3.05, 3.63) is 101 Å². The highest BCUT2D eigenvalue weighted by Gasteiger charge is 2.41. The van der Waals surface area contributed by atoms with Gasteiger partial charge in [-0.05, 0) is 83.1 Å². The summed E-state index contributed by atoms with van der Waals surface area (Å²) in [6, 6.07) is 21.5. The first-order valence-electron chi connectivity index (χ1n) is 11.2. The minimum absolute atomic E-state index is 0.0367. The molecule has 4 rings (SSSR count). The molecule has 3 aromatic carbocycles. The summed E-state index contributed by atoms with van der Waals surface area (Å²) in [6.45, 7) is 6.25. The van der Waals surface area contributed by atoms with Crippen molar-refractivity contribution in [3.8, 4) is 11.5 Å². The van der Waals surface area contributed by atoms with Crippen LogP contribution in [-0.2, 0) is 9.59 Å². The summed E-state index contributed by atoms with van der Waals surface area (Å²) >= 11 is 9.17. The molecular formula is C28H23BrN2O4S. The predicted octanol–water partition coefficient (Wildman–Crippen LogP) is 6.16. The van der Waals surface area contributed by atoms with Crippen LogP contribution < -0.4 is 19.3 Å². The Hall–Kier alpha value is -3.75. The zero-order chi connectivity index (χ0) is 25.7. The molecule has 1 aliphatic rings. The molecule has 1 saturated heterocycles. The van der Waals surface area contributed by atoms with Gasteiger partial charge in [0.05, 0.1) is 22.5 Å². The van der Waals surface area contributed by atoms with Gasteiger partial charge in [-0.1, -0.05) is 49.1 Å². The third kappa shape index (κ3) is 5.10. The van der Waals surface area contributed by atoms with Gasteiger partial charge in [0, 0.05) is 0 Å². The van der Waals surface area contributed by atoms with E-state index in [0.29, 0.717) is 46.1 Å². The molecule has 0 atom stereocenters. The Labute approximate surface area is 223 Å². The average Bonchev–Trinajstić information content (AvgIpc) is 2.88. The van der Waals surface area contributed by atoms with Crippen LogP contribution in [0.1, 0.15) is 12.5 Å². The SMILES string of the molecule is C=CCOc1c(Br)cc(C=C2C(=O)N(c3ccccc3)C(=S)N(c3ccccc3)C2=O)cc1OCC. The van der Waals surface area contributed by atoms with Crippen LogP contribution in [0.4, 0.5) is 11.4 Å². The molecule has 0 radical (unpaired) electrons. The molecule has 2 amide bonds. The lowest BCUT2D eigenvalue weighted by atomic mass is 10.0. The summed E-state index contributed by atoms with van der Waals surface area (Å²) in [4.78, 5) is 30.1. The third-order valence-electron chi connectivity index (χ3n) is 5.27. The number of anilines is 2. The zero-order valence-electron chi connectivity index (χ0n) is 19.5. The number of hydrogen-bond donors (Lipinski definition) is 0. The van der Waals surface area contributed by atoms with Gasteiger partial charge in [-0.3, -0.25) is 19.4 Å². The number of ether oxygens (including phenoxy) is 2. The second-order valence-corrected chi connectivity index (χ2v) is 8.87. The first kappa shape index (κ1) is 25.3. The lowest BCUT2D eigenvalue weighted by Gasteiger charge is -2.36. The standard InChI is InChI=1S/C28H23BrN2O4S/c1-3-15-35-25-23(29)17-19(18-24(25)34-4-2)16-22-26(32)30(20-11-7-5-8-12-20)28(36)31(27(22)33)21-13-9-6-10-14-21/h3,5-14,16-18H,1,4,15H2,2H3. The number of benzene rings is 3. The highest BCUT2D eigenvalue weighted by Crippen LogP contribution is 2.38.